The highest BCUT2D eigenvalue weighted by Gasteiger charge is 2.13. The standard InChI is InChI=1S/C13H13BrClN3OS/c1-2-16-11-4-3-9(15)12(18-11)13(19)17-7-10-8(14)5-6-20-10/h3-6H,2,7H2,1H3,(H,16,18)(H,17,19). The zero-order chi connectivity index (χ0) is 14.5. The summed E-state index contributed by atoms with van der Waals surface area (Å²) in [6.45, 7) is 3.14. The number of aromatic nitrogens is 1. The number of hydrogen-bond donors (Lipinski definition) is 2. The lowest BCUT2D eigenvalue weighted by atomic mass is 10.3. The lowest BCUT2D eigenvalue weighted by molar-refractivity contribution is 0.0946. The first-order valence-corrected chi connectivity index (χ1v) is 8.07. The van der Waals surface area contributed by atoms with Crippen molar-refractivity contribution >= 4 is 50.6 Å². The van der Waals surface area contributed by atoms with Crippen molar-refractivity contribution in [1.29, 1.82) is 0 Å². The van der Waals surface area contributed by atoms with E-state index in [0.29, 0.717) is 17.4 Å². The number of thiophene rings is 1. The highest BCUT2D eigenvalue weighted by molar-refractivity contribution is 9.10. The van der Waals surface area contributed by atoms with E-state index in [1.54, 1.807) is 23.5 Å². The fraction of sp³-hybridized carbons (Fsp3) is 0.231. The van der Waals surface area contributed by atoms with Crippen LogP contribution >= 0.6 is 38.9 Å². The molecule has 0 unspecified atom stereocenters. The van der Waals surface area contributed by atoms with Crippen LogP contribution in [-0.2, 0) is 6.54 Å². The normalized spacial score (nSPS) is 10.3. The molecule has 0 radical (unpaired) electrons. The van der Waals surface area contributed by atoms with Crippen molar-refractivity contribution in [3.8, 4) is 0 Å². The molecular formula is C13H13BrClN3OS. The number of anilines is 1. The van der Waals surface area contributed by atoms with Gasteiger partial charge in [0.2, 0.25) is 0 Å². The van der Waals surface area contributed by atoms with Gasteiger partial charge in [0.25, 0.3) is 5.91 Å². The van der Waals surface area contributed by atoms with Gasteiger partial charge in [0.05, 0.1) is 11.6 Å². The number of nitrogens with zero attached hydrogens (tertiary/aromatic N) is 1. The van der Waals surface area contributed by atoms with Gasteiger partial charge in [-0.3, -0.25) is 4.79 Å². The lowest BCUT2D eigenvalue weighted by Crippen LogP contribution is -2.24. The zero-order valence-corrected chi connectivity index (χ0v) is 13.9. The third kappa shape index (κ3) is 3.71. The van der Waals surface area contributed by atoms with E-state index in [0.717, 1.165) is 15.9 Å². The maximum absolute atomic E-state index is 12.1. The Kier molecular flexibility index (Phi) is 5.39. The Morgan fingerprint density at radius 3 is 2.90 bits per heavy atom. The van der Waals surface area contributed by atoms with Gasteiger partial charge in [-0.2, -0.15) is 0 Å². The highest BCUT2D eigenvalue weighted by Crippen LogP contribution is 2.22. The fourth-order valence-electron chi connectivity index (χ4n) is 1.58. The summed E-state index contributed by atoms with van der Waals surface area (Å²) in [5.74, 6) is 0.356. The van der Waals surface area contributed by atoms with Crippen LogP contribution in [-0.4, -0.2) is 17.4 Å². The van der Waals surface area contributed by atoms with Gasteiger partial charge in [-0.1, -0.05) is 11.6 Å². The second-order valence-corrected chi connectivity index (χ2v) is 6.19. The number of carbonyl (C=O) groups is 1. The van der Waals surface area contributed by atoms with E-state index in [4.69, 9.17) is 11.6 Å². The van der Waals surface area contributed by atoms with Crippen molar-refractivity contribution in [3.63, 3.8) is 0 Å². The van der Waals surface area contributed by atoms with Crippen LogP contribution in [0.4, 0.5) is 5.82 Å². The molecule has 106 valence electrons. The number of halogens is 2. The van der Waals surface area contributed by atoms with Crippen molar-refractivity contribution in [2.45, 2.75) is 13.5 Å². The minimum absolute atomic E-state index is 0.234. The van der Waals surface area contributed by atoms with E-state index in [1.807, 2.05) is 18.4 Å². The molecule has 2 N–H and O–H groups in total. The Bertz CT molecular complexity index is 617. The van der Waals surface area contributed by atoms with Crippen molar-refractivity contribution in [2.75, 3.05) is 11.9 Å². The molecule has 7 heteroatoms. The molecule has 0 aromatic carbocycles. The van der Waals surface area contributed by atoms with Gasteiger partial charge in [-0.05, 0) is 46.4 Å². The second-order valence-electron chi connectivity index (χ2n) is 3.93. The van der Waals surface area contributed by atoms with Gasteiger partial charge in [0, 0.05) is 15.9 Å². The molecule has 0 aliphatic rings. The number of carbonyl (C=O) groups excluding carboxylic acids is 1. The minimum atomic E-state index is -0.282. The molecule has 20 heavy (non-hydrogen) atoms. The summed E-state index contributed by atoms with van der Waals surface area (Å²) in [7, 11) is 0. The van der Waals surface area contributed by atoms with E-state index in [1.165, 1.54) is 0 Å². The summed E-state index contributed by atoms with van der Waals surface area (Å²) in [4.78, 5) is 17.4. The molecule has 0 atom stereocenters. The van der Waals surface area contributed by atoms with Crippen LogP contribution in [0.5, 0.6) is 0 Å². The van der Waals surface area contributed by atoms with Crippen LogP contribution in [0.1, 0.15) is 22.3 Å². The van der Waals surface area contributed by atoms with E-state index >= 15 is 0 Å². The van der Waals surface area contributed by atoms with Crippen molar-refractivity contribution in [1.82, 2.24) is 10.3 Å². The molecule has 2 rings (SSSR count). The Morgan fingerprint density at radius 2 is 2.25 bits per heavy atom. The summed E-state index contributed by atoms with van der Waals surface area (Å²) in [5.41, 5.74) is 0.234. The smallest absolute Gasteiger partial charge is 0.271 e. The molecule has 0 spiro atoms. The number of amides is 1. The Labute approximate surface area is 134 Å². The minimum Gasteiger partial charge on any atom is -0.370 e. The summed E-state index contributed by atoms with van der Waals surface area (Å²) < 4.78 is 0.989. The Morgan fingerprint density at radius 1 is 1.45 bits per heavy atom. The van der Waals surface area contributed by atoms with Crippen LogP contribution in [0.15, 0.2) is 28.1 Å². The van der Waals surface area contributed by atoms with E-state index in [-0.39, 0.29) is 11.6 Å². The Balaban J connectivity index is 2.08. The van der Waals surface area contributed by atoms with Gasteiger partial charge in [0.15, 0.2) is 0 Å². The highest BCUT2D eigenvalue weighted by atomic mass is 79.9. The van der Waals surface area contributed by atoms with Crippen LogP contribution in [0.25, 0.3) is 0 Å². The molecule has 1 amide bonds. The van der Waals surface area contributed by atoms with Gasteiger partial charge >= 0.3 is 0 Å². The first-order chi connectivity index (χ1) is 9.61. The van der Waals surface area contributed by atoms with Crippen LogP contribution in [0.3, 0.4) is 0 Å². The van der Waals surface area contributed by atoms with Crippen LogP contribution in [0.2, 0.25) is 5.02 Å². The van der Waals surface area contributed by atoms with Gasteiger partial charge < -0.3 is 10.6 Å². The molecule has 2 aromatic heterocycles. The predicted octanol–water partition coefficient (Wildman–Crippen LogP) is 3.92. The summed E-state index contributed by atoms with van der Waals surface area (Å²) in [6, 6.07) is 5.37. The predicted molar refractivity (Wildman–Crippen MR) is 86.6 cm³/mol. The number of hydrogen-bond acceptors (Lipinski definition) is 4. The number of nitrogens with one attached hydrogen (secondary N) is 2. The maximum atomic E-state index is 12.1. The van der Waals surface area contributed by atoms with Gasteiger partial charge in [-0.25, -0.2) is 4.98 Å². The largest absolute Gasteiger partial charge is 0.370 e. The lowest BCUT2D eigenvalue weighted by Gasteiger charge is -2.08. The number of pyridine rings is 1. The molecular weight excluding hydrogens is 362 g/mol. The SMILES string of the molecule is CCNc1ccc(Cl)c(C(=O)NCc2sccc2Br)n1. The average Bonchev–Trinajstić information content (AvgIpc) is 2.84. The molecule has 0 aliphatic carbocycles. The van der Waals surface area contributed by atoms with Crippen LogP contribution < -0.4 is 10.6 Å². The summed E-state index contributed by atoms with van der Waals surface area (Å²) in [6.07, 6.45) is 0. The quantitative estimate of drug-likeness (QED) is 0.834. The molecule has 2 heterocycles. The molecule has 0 fully saturated rings. The van der Waals surface area contributed by atoms with Crippen molar-refractivity contribution in [2.24, 2.45) is 0 Å². The molecule has 4 nitrogen and oxygen atoms in total. The van der Waals surface area contributed by atoms with Gasteiger partial charge in [0.1, 0.15) is 11.5 Å². The molecule has 0 aliphatic heterocycles. The third-order valence-corrected chi connectivity index (χ3v) is 4.75. The van der Waals surface area contributed by atoms with E-state index in [9.17, 15) is 4.79 Å². The van der Waals surface area contributed by atoms with Crippen LogP contribution in [0, 0.1) is 0 Å². The molecule has 0 saturated heterocycles. The first kappa shape index (κ1) is 15.3. The first-order valence-electron chi connectivity index (χ1n) is 6.02. The van der Waals surface area contributed by atoms with Crippen molar-refractivity contribution in [3.05, 3.63) is 43.6 Å². The average molecular weight is 375 g/mol. The maximum Gasteiger partial charge on any atom is 0.271 e. The molecule has 2 aromatic rings. The molecule has 0 saturated carbocycles. The molecule has 0 bridgehead atoms. The Hall–Kier alpha value is -1.11. The van der Waals surface area contributed by atoms with Gasteiger partial charge in [-0.15, -0.1) is 11.3 Å². The summed E-state index contributed by atoms with van der Waals surface area (Å²) >= 11 is 11.0. The topological polar surface area (TPSA) is 54.0 Å². The van der Waals surface area contributed by atoms with Crippen molar-refractivity contribution < 1.29 is 4.79 Å². The summed E-state index contributed by atoms with van der Waals surface area (Å²) in [5, 5.41) is 8.18. The zero-order valence-electron chi connectivity index (χ0n) is 10.7. The monoisotopic (exact) mass is 373 g/mol. The second kappa shape index (κ2) is 7.06. The third-order valence-electron chi connectivity index (χ3n) is 2.52. The number of rotatable bonds is 5. The fourth-order valence-corrected chi connectivity index (χ4v) is 3.20. The van der Waals surface area contributed by atoms with E-state index < -0.39 is 0 Å². The van der Waals surface area contributed by atoms with E-state index in [2.05, 4.69) is 31.5 Å².